The highest BCUT2D eigenvalue weighted by Gasteiger charge is 2.15. The molecule has 2 aromatic heterocycles. The molecule has 0 unspecified atom stereocenters. The van der Waals surface area contributed by atoms with E-state index < -0.39 is 0 Å². The van der Waals surface area contributed by atoms with Crippen LogP contribution in [0.1, 0.15) is 32.4 Å². The average Bonchev–Trinajstić information content (AvgIpc) is 2.99. The third kappa shape index (κ3) is 4.02. The van der Waals surface area contributed by atoms with E-state index in [1.165, 1.54) is 0 Å². The maximum Gasteiger partial charge on any atom is 0.220 e. The minimum Gasteiger partial charge on any atom is -0.354 e. The SMILES string of the molecule is CC[C@@H](C)NC(=O)CCc1c(-c2ccc(Cl)cc2)nc2ccccn12. The van der Waals surface area contributed by atoms with Gasteiger partial charge < -0.3 is 9.72 Å². The van der Waals surface area contributed by atoms with Crippen LogP contribution in [0.2, 0.25) is 5.02 Å². The third-order valence-electron chi connectivity index (χ3n) is 4.36. The van der Waals surface area contributed by atoms with Crippen LogP contribution < -0.4 is 5.32 Å². The van der Waals surface area contributed by atoms with Crippen molar-refractivity contribution in [2.45, 2.75) is 39.2 Å². The predicted octanol–water partition coefficient (Wildman–Crippen LogP) is 4.50. The summed E-state index contributed by atoms with van der Waals surface area (Å²) in [7, 11) is 0. The lowest BCUT2D eigenvalue weighted by molar-refractivity contribution is -0.121. The molecule has 0 bridgehead atoms. The molecule has 1 aromatic carbocycles. The lowest BCUT2D eigenvalue weighted by Crippen LogP contribution is -2.32. The van der Waals surface area contributed by atoms with Gasteiger partial charge in [-0.05, 0) is 44.0 Å². The summed E-state index contributed by atoms with van der Waals surface area (Å²) >= 11 is 6.00. The van der Waals surface area contributed by atoms with Gasteiger partial charge in [0.15, 0.2) is 0 Å². The van der Waals surface area contributed by atoms with Gasteiger partial charge >= 0.3 is 0 Å². The second-order valence-corrected chi connectivity index (χ2v) is 6.66. The number of hydrogen-bond acceptors (Lipinski definition) is 2. The van der Waals surface area contributed by atoms with Gasteiger partial charge in [-0.1, -0.05) is 36.7 Å². The molecule has 0 aliphatic carbocycles. The van der Waals surface area contributed by atoms with Gasteiger partial charge in [-0.15, -0.1) is 0 Å². The Morgan fingerprint density at radius 2 is 2.00 bits per heavy atom. The molecular weight excluding hydrogens is 334 g/mol. The van der Waals surface area contributed by atoms with Crippen LogP contribution in [-0.4, -0.2) is 21.3 Å². The van der Waals surface area contributed by atoms with E-state index in [-0.39, 0.29) is 11.9 Å². The first-order valence-electron chi connectivity index (χ1n) is 8.59. The zero-order valence-electron chi connectivity index (χ0n) is 14.5. The number of hydrogen-bond donors (Lipinski definition) is 1. The van der Waals surface area contributed by atoms with Gasteiger partial charge in [0.05, 0.1) is 11.4 Å². The van der Waals surface area contributed by atoms with Gasteiger partial charge in [-0.25, -0.2) is 4.98 Å². The normalized spacial score (nSPS) is 12.3. The number of fused-ring (bicyclic) bond motifs is 1. The molecular formula is C20H22ClN3O. The third-order valence-corrected chi connectivity index (χ3v) is 4.61. The molecule has 0 saturated carbocycles. The van der Waals surface area contributed by atoms with Gasteiger partial charge in [0.1, 0.15) is 5.65 Å². The lowest BCUT2D eigenvalue weighted by atomic mass is 10.1. The topological polar surface area (TPSA) is 46.4 Å². The Bertz CT molecular complexity index is 870. The van der Waals surface area contributed by atoms with Crippen molar-refractivity contribution in [3.63, 3.8) is 0 Å². The van der Waals surface area contributed by atoms with Crippen LogP contribution in [-0.2, 0) is 11.2 Å². The number of benzene rings is 1. The second kappa shape index (κ2) is 7.70. The van der Waals surface area contributed by atoms with E-state index in [1.54, 1.807) is 0 Å². The Hall–Kier alpha value is -2.33. The lowest BCUT2D eigenvalue weighted by Gasteiger charge is -2.11. The summed E-state index contributed by atoms with van der Waals surface area (Å²) in [5.74, 6) is 0.0716. The summed E-state index contributed by atoms with van der Waals surface area (Å²) in [6, 6.07) is 13.8. The smallest absolute Gasteiger partial charge is 0.220 e. The Morgan fingerprint density at radius 1 is 1.24 bits per heavy atom. The van der Waals surface area contributed by atoms with E-state index in [0.29, 0.717) is 17.9 Å². The molecule has 3 aromatic rings. The van der Waals surface area contributed by atoms with E-state index in [2.05, 4.69) is 16.6 Å². The van der Waals surface area contributed by atoms with Crippen LogP contribution in [0.25, 0.3) is 16.9 Å². The fourth-order valence-electron chi connectivity index (χ4n) is 2.81. The van der Waals surface area contributed by atoms with Crippen LogP contribution in [0, 0.1) is 0 Å². The Morgan fingerprint density at radius 3 is 2.72 bits per heavy atom. The van der Waals surface area contributed by atoms with Gasteiger partial charge in [-0.2, -0.15) is 0 Å². The van der Waals surface area contributed by atoms with Crippen LogP contribution in [0.15, 0.2) is 48.7 Å². The first kappa shape index (κ1) is 17.5. The number of carbonyl (C=O) groups is 1. The molecule has 1 N–H and O–H groups in total. The highest BCUT2D eigenvalue weighted by Crippen LogP contribution is 2.26. The number of nitrogens with zero attached hydrogens (tertiary/aromatic N) is 2. The van der Waals surface area contributed by atoms with Gasteiger partial charge in [0.25, 0.3) is 0 Å². The summed E-state index contributed by atoms with van der Waals surface area (Å²) < 4.78 is 2.06. The molecule has 2 heterocycles. The number of rotatable bonds is 6. The molecule has 0 aliphatic heterocycles. The van der Waals surface area contributed by atoms with Crippen molar-refractivity contribution in [3.05, 3.63) is 59.4 Å². The summed E-state index contributed by atoms with van der Waals surface area (Å²) in [6.45, 7) is 4.08. The van der Waals surface area contributed by atoms with Gasteiger partial charge in [-0.3, -0.25) is 4.79 Å². The highest BCUT2D eigenvalue weighted by molar-refractivity contribution is 6.30. The zero-order chi connectivity index (χ0) is 17.8. The molecule has 3 rings (SSSR count). The molecule has 25 heavy (non-hydrogen) atoms. The Balaban J connectivity index is 1.91. The summed E-state index contributed by atoms with van der Waals surface area (Å²) in [4.78, 5) is 16.9. The van der Waals surface area contributed by atoms with Crippen LogP contribution >= 0.6 is 11.6 Å². The molecule has 4 nitrogen and oxygen atoms in total. The van der Waals surface area contributed by atoms with E-state index in [0.717, 1.165) is 29.0 Å². The van der Waals surface area contributed by atoms with Crippen molar-refractivity contribution in [2.24, 2.45) is 0 Å². The minimum atomic E-state index is 0.0716. The molecule has 1 amide bonds. The minimum absolute atomic E-state index is 0.0716. The number of aryl methyl sites for hydroxylation is 1. The zero-order valence-corrected chi connectivity index (χ0v) is 15.3. The molecule has 1 atom stereocenters. The van der Waals surface area contributed by atoms with Crippen molar-refractivity contribution in [1.29, 1.82) is 0 Å². The van der Waals surface area contributed by atoms with Crippen molar-refractivity contribution < 1.29 is 4.79 Å². The maximum absolute atomic E-state index is 12.2. The van der Waals surface area contributed by atoms with E-state index >= 15 is 0 Å². The number of nitrogens with one attached hydrogen (secondary N) is 1. The second-order valence-electron chi connectivity index (χ2n) is 6.22. The van der Waals surface area contributed by atoms with Gasteiger partial charge in [0, 0.05) is 29.2 Å². The highest BCUT2D eigenvalue weighted by atomic mass is 35.5. The Labute approximate surface area is 152 Å². The van der Waals surface area contributed by atoms with Crippen molar-refractivity contribution >= 4 is 23.2 Å². The fraction of sp³-hybridized carbons (Fsp3) is 0.300. The summed E-state index contributed by atoms with van der Waals surface area (Å²) in [6.07, 6.45) is 3.99. The van der Waals surface area contributed by atoms with Crippen molar-refractivity contribution in [2.75, 3.05) is 0 Å². The molecule has 0 spiro atoms. The van der Waals surface area contributed by atoms with E-state index in [4.69, 9.17) is 16.6 Å². The van der Waals surface area contributed by atoms with Crippen molar-refractivity contribution in [3.8, 4) is 11.3 Å². The van der Waals surface area contributed by atoms with E-state index in [1.807, 2.05) is 55.6 Å². The quantitative estimate of drug-likeness (QED) is 0.707. The average molecular weight is 356 g/mol. The monoisotopic (exact) mass is 355 g/mol. The first-order valence-corrected chi connectivity index (χ1v) is 8.97. The maximum atomic E-state index is 12.2. The van der Waals surface area contributed by atoms with Crippen LogP contribution in [0.4, 0.5) is 0 Å². The molecule has 5 heteroatoms. The largest absolute Gasteiger partial charge is 0.354 e. The number of pyridine rings is 1. The number of carbonyl (C=O) groups excluding carboxylic acids is 1. The Kier molecular flexibility index (Phi) is 5.39. The number of imidazole rings is 1. The molecule has 0 fully saturated rings. The number of halogens is 1. The van der Waals surface area contributed by atoms with Crippen LogP contribution in [0.3, 0.4) is 0 Å². The van der Waals surface area contributed by atoms with Crippen LogP contribution in [0.5, 0.6) is 0 Å². The first-order chi connectivity index (χ1) is 12.1. The molecule has 130 valence electrons. The van der Waals surface area contributed by atoms with Gasteiger partial charge in [0.2, 0.25) is 5.91 Å². The predicted molar refractivity (Wildman–Crippen MR) is 102 cm³/mol. The fourth-order valence-corrected chi connectivity index (χ4v) is 2.93. The standard InChI is InChI=1S/C20H22ClN3O/c1-3-14(2)22-19(25)12-11-17-20(15-7-9-16(21)10-8-15)23-18-6-4-5-13-24(17)18/h4-10,13-14H,3,11-12H2,1-2H3,(H,22,25)/t14-/m1/s1. The number of aromatic nitrogens is 2. The number of amides is 1. The molecule has 0 aliphatic rings. The summed E-state index contributed by atoms with van der Waals surface area (Å²) in [5, 5.41) is 3.72. The summed E-state index contributed by atoms with van der Waals surface area (Å²) in [5.41, 5.74) is 3.83. The molecule has 0 radical (unpaired) electrons. The van der Waals surface area contributed by atoms with Crippen molar-refractivity contribution in [1.82, 2.24) is 14.7 Å². The molecule has 0 saturated heterocycles. The van der Waals surface area contributed by atoms with E-state index in [9.17, 15) is 4.79 Å².